The normalized spacial score (nSPS) is 14.0. The molecule has 6 nitrogen and oxygen atoms in total. The number of nitrogens with one attached hydrogen (secondary N) is 1. The number of rotatable bonds is 6. The molecule has 1 aromatic rings. The molecule has 114 valence electrons. The first kappa shape index (κ1) is 15.3. The van der Waals surface area contributed by atoms with Gasteiger partial charge in [0.2, 0.25) is 0 Å². The second kappa shape index (κ2) is 7.61. The van der Waals surface area contributed by atoms with Gasteiger partial charge in [-0.1, -0.05) is 0 Å². The summed E-state index contributed by atoms with van der Waals surface area (Å²) >= 11 is 0. The first-order valence-corrected chi connectivity index (χ1v) is 7.27. The molecule has 0 saturated carbocycles. The highest BCUT2D eigenvalue weighted by atomic mass is 16.5. The standard InChI is InChI=1S/C15H21N3O3/c1-21-13(19)7-5-9-17-15(20)12-6-4-8-16-14(12)18-10-2-3-11-18/h4,6,8H,2-3,5,7,9-11H2,1H3,(H,17,20). The fraction of sp³-hybridized carbons (Fsp3) is 0.533. The number of esters is 1. The van der Waals surface area contributed by atoms with Crippen molar-refractivity contribution < 1.29 is 14.3 Å². The van der Waals surface area contributed by atoms with Crippen LogP contribution in [0.2, 0.25) is 0 Å². The maximum absolute atomic E-state index is 12.2. The molecule has 2 heterocycles. The minimum Gasteiger partial charge on any atom is -0.469 e. The Morgan fingerprint density at radius 3 is 2.86 bits per heavy atom. The summed E-state index contributed by atoms with van der Waals surface area (Å²) in [6.45, 7) is 2.33. The molecule has 1 aromatic heterocycles. The van der Waals surface area contributed by atoms with Crippen LogP contribution in [-0.2, 0) is 9.53 Å². The predicted octanol–water partition coefficient (Wildman–Crippen LogP) is 1.36. The van der Waals surface area contributed by atoms with E-state index in [4.69, 9.17) is 0 Å². The molecule has 1 aliphatic rings. The van der Waals surface area contributed by atoms with Crippen molar-refractivity contribution >= 4 is 17.7 Å². The van der Waals surface area contributed by atoms with Gasteiger partial charge in [-0.2, -0.15) is 0 Å². The van der Waals surface area contributed by atoms with E-state index in [1.54, 1.807) is 18.3 Å². The predicted molar refractivity (Wildman–Crippen MR) is 79.3 cm³/mol. The van der Waals surface area contributed by atoms with Crippen LogP contribution in [-0.4, -0.2) is 43.6 Å². The second-order valence-electron chi connectivity index (χ2n) is 5.00. The topological polar surface area (TPSA) is 71.5 Å². The molecule has 0 unspecified atom stereocenters. The van der Waals surface area contributed by atoms with Gasteiger partial charge < -0.3 is 15.0 Å². The first-order valence-electron chi connectivity index (χ1n) is 7.27. The highest BCUT2D eigenvalue weighted by Crippen LogP contribution is 2.21. The zero-order valence-electron chi connectivity index (χ0n) is 12.3. The quantitative estimate of drug-likeness (QED) is 0.633. The Balaban J connectivity index is 1.91. The highest BCUT2D eigenvalue weighted by molar-refractivity contribution is 5.98. The Morgan fingerprint density at radius 2 is 2.14 bits per heavy atom. The van der Waals surface area contributed by atoms with Crippen molar-refractivity contribution in [2.24, 2.45) is 0 Å². The molecule has 0 radical (unpaired) electrons. The van der Waals surface area contributed by atoms with Crippen molar-refractivity contribution in [2.75, 3.05) is 31.6 Å². The number of hydrogen-bond acceptors (Lipinski definition) is 5. The van der Waals surface area contributed by atoms with Gasteiger partial charge in [-0.25, -0.2) is 4.98 Å². The zero-order chi connectivity index (χ0) is 15.1. The number of hydrogen-bond donors (Lipinski definition) is 1. The van der Waals surface area contributed by atoms with E-state index in [0.717, 1.165) is 31.7 Å². The van der Waals surface area contributed by atoms with Crippen molar-refractivity contribution in [3.8, 4) is 0 Å². The van der Waals surface area contributed by atoms with Gasteiger partial charge in [0.1, 0.15) is 5.82 Å². The van der Waals surface area contributed by atoms with Crippen LogP contribution in [0.25, 0.3) is 0 Å². The van der Waals surface area contributed by atoms with Crippen molar-refractivity contribution in [3.05, 3.63) is 23.9 Å². The van der Waals surface area contributed by atoms with E-state index in [1.807, 2.05) is 0 Å². The van der Waals surface area contributed by atoms with Gasteiger partial charge in [0.15, 0.2) is 0 Å². The summed E-state index contributed by atoms with van der Waals surface area (Å²) in [6.07, 6.45) is 4.86. The van der Waals surface area contributed by atoms with Crippen LogP contribution in [0.5, 0.6) is 0 Å². The Hall–Kier alpha value is -2.11. The maximum Gasteiger partial charge on any atom is 0.305 e. The number of ether oxygens (including phenoxy) is 1. The molecule has 21 heavy (non-hydrogen) atoms. The molecule has 1 aliphatic heterocycles. The number of methoxy groups -OCH3 is 1. The van der Waals surface area contributed by atoms with Crippen molar-refractivity contribution in [2.45, 2.75) is 25.7 Å². The smallest absolute Gasteiger partial charge is 0.305 e. The van der Waals surface area contributed by atoms with Gasteiger partial charge in [-0.15, -0.1) is 0 Å². The number of anilines is 1. The molecule has 1 N–H and O–H groups in total. The number of carbonyl (C=O) groups excluding carboxylic acids is 2. The van der Waals surface area contributed by atoms with Gasteiger partial charge in [-0.3, -0.25) is 9.59 Å². The molecule has 1 saturated heterocycles. The lowest BCUT2D eigenvalue weighted by molar-refractivity contribution is -0.140. The Morgan fingerprint density at radius 1 is 1.38 bits per heavy atom. The lowest BCUT2D eigenvalue weighted by Crippen LogP contribution is -2.29. The molecule has 6 heteroatoms. The minimum atomic E-state index is -0.261. The van der Waals surface area contributed by atoms with Crippen LogP contribution in [0.4, 0.5) is 5.82 Å². The molecule has 0 bridgehead atoms. The summed E-state index contributed by atoms with van der Waals surface area (Å²) in [5.74, 6) is 0.346. The van der Waals surface area contributed by atoms with E-state index in [-0.39, 0.29) is 11.9 Å². The van der Waals surface area contributed by atoms with Crippen molar-refractivity contribution in [1.82, 2.24) is 10.3 Å². The third-order valence-electron chi connectivity index (χ3n) is 3.51. The third-order valence-corrected chi connectivity index (χ3v) is 3.51. The molecule has 1 fully saturated rings. The summed E-state index contributed by atoms with van der Waals surface area (Å²) in [7, 11) is 1.36. The summed E-state index contributed by atoms with van der Waals surface area (Å²) < 4.78 is 4.56. The molecule has 1 amide bonds. The summed E-state index contributed by atoms with van der Waals surface area (Å²) in [6, 6.07) is 3.55. The Bertz CT molecular complexity index is 499. The van der Waals surface area contributed by atoms with Gasteiger partial charge in [0, 0.05) is 32.3 Å². The molecule has 0 spiro atoms. The molecular formula is C15H21N3O3. The van der Waals surface area contributed by atoms with Gasteiger partial charge in [0.25, 0.3) is 5.91 Å². The van der Waals surface area contributed by atoms with Crippen LogP contribution >= 0.6 is 0 Å². The lowest BCUT2D eigenvalue weighted by Gasteiger charge is -2.19. The largest absolute Gasteiger partial charge is 0.469 e. The average molecular weight is 291 g/mol. The van der Waals surface area contributed by atoms with E-state index >= 15 is 0 Å². The Kier molecular flexibility index (Phi) is 5.54. The first-order chi connectivity index (χ1) is 10.2. The Labute approximate surface area is 124 Å². The van der Waals surface area contributed by atoms with E-state index in [2.05, 4.69) is 19.9 Å². The molecule has 2 rings (SSSR count). The second-order valence-corrected chi connectivity index (χ2v) is 5.00. The van der Waals surface area contributed by atoms with Crippen LogP contribution < -0.4 is 10.2 Å². The van der Waals surface area contributed by atoms with Crippen LogP contribution in [0.15, 0.2) is 18.3 Å². The van der Waals surface area contributed by atoms with Crippen LogP contribution in [0, 0.1) is 0 Å². The van der Waals surface area contributed by atoms with Gasteiger partial charge in [0.05, 0.1) is 12.7 Å². The maximum atomic E-state index is 12.2. The fourth-order valence-corrected chi connectivity index (χ4v) is 2.39. The van der Waals surface area contributed by atoms with Crippen LogP contribution in [0.1, 0.15) is 36.0 Å². The zero-order valence-corrected chi connectivity index (χ0v) is 12.3. The monoisotopic (exact) mass is 291 g/mol. The molecular weight excluding hydrogens is 270 g/mol. The summed E-state index contributed by atoms with van der Waals surface area (Å²) in [5, 5.41) is 2.83. The van der Waals surface area contributed by atoms with Crippen LogP contribution in [0.3, 0.4) is 0 Å². The fourth-order valence-electron chi connectivity index (χ4n) is 2.39. The molecule has 0 aliphatic carbocycles. The minimum absolute atomic E-state index is 0.144. The number of amides is 1. The van der Waals surface area contributed by atoms with Gasteiger partial charge >= 0.3 is 5.97 Å². The van der Waals surface area contributed by atoms with Gasteiger partial charge in [-0.05, 0) is 31.4 Å². The van der Waals surface area contributed by atoms with Crippen molar-refractivity contribution in [3.63, 3.8) is 0 Å². The number of nitrogens with zero attached hydrogens (tertiary/aromatic N) is 2. The number of carbonyl (C=O) groups is 2. The SMILES string of the molecule is COC(=O)CCCNC(=O)c1cccnc1N1CCCC1. The molecule has 0 atom stereocenters. The van der Waals surface area contributed by atoms with E-state index in [9.17, 15) is 9.59 Å². The van der Waals surface area contributed by atoms with E-state index in [1.165, 1.54) is 7.11 Å². The number of pyridine rings is 1. The average Bonchev–Trinajstić information content (AvgIpc) is 3.05. The van der Waals surface area contributed by atoms with E-state index < -0.39 is 0 Å². The third kappa shape index (κ3) is 4.18. The molecule has 0 aromatic carbocycles. The highest BCUT2D eigenvalue weighted by Gasteiger charge is 2.20. The summed E-state index contributed by atoms with van der Waals surface area (Å²) in [5.41, 5.74) is 0.595. The number of aromatic nitrogens is 1. The van der Waals surface area contributed by atoms with E-state index in [0.29, 0.717) is 24.9 Å². The summed E-state index contributed by atoms with van der Waals surface area (Å²) in [4.78, 5) is 29.7. The lowest BCUT2D eigenvalue weighted by atomic mass is 10.2. The van der Waals surface area contributed by atoms with Crippen molar-refractivity contribution in [1.29, 1.82) is 0 Å².